The molecule has 106 valence electrons. The summed E-state index contributed by atoms with van der Waals surface area (Å²) in [4.78, 5) is 11.0. The standard InChI is InChI=1S/C10H18O8/c1-4(10(17)18-2)6(13)8(15)9(16)7(14)5(12)3-11/h5-9,11-16H,1,3H2,2H3/t5-,6?,7-,8+,9+/m1/s1. The van der Waals surface area contributed by atoms with Crippen molar-refractivity contribution < 1.29 is 40.2 Å². The molecule has 0 amide bonds. The zero-order chi connectivity index (χ0) is 14.5. The van der Waals surface area contributed by atoms with Gasteiger partial charge in [-0.3, -0.25) is 0 Å². The maximum absolute atomic E-state index is 11.0. The van der Waals surface area contributed by atoms with Crippen LogP contribution in [0.2, 0.25) is 0 Å². The lowest BCUT2D eigenvalue weighted by Crippen LogP contribution is -2.50. The predicted molar refractivity (Wildman–Crippen MR) is 58.3 cm³/mol. The van der Waals surface area contributed by atoms with Gasteiger partial charge in [-0.25, -0.2) is 4.79 Å². The van der Waals surface area contributed by atoms with E-state index in [2.05, 4.69) is 11.3 Å². The average Bonchev–Trinajstić information content (AvgIpc) is 2.40. The lowest BCUT2D eigenvalue weighted by Gasteiger charge is -2.28. The monoisotopic (exact) mass is 266 g/mol. The molecule has 5 atom stereocenters. The van der Waals surface area contributed by atoms with Gasteiger partial charge < -0.3 is 35.4 Å². The highest BCUT2D eigenvalue weighted by Gasteiger charge is 2.36. The Labute approximate surface area is 103 Å². The van der Waals surface area contributed by atoms with Crippen molar-refractivity contribution >= 4 is 5.97 Å². The highest BCUT2D eigenvalue weighted by Crippen LogP contribution is 2.14. The van der Waals surface area contributed by atoms with Gasteiger partial charge in [-0.15, -0.1) is 0 Å². The number of hydrogen-bond acceptors (Lipinski definition) is 8. The predicted octanol–water partition coefficient (Wildman–Crippen LogP) is -3.49. The summed E-state index contributed by atoms with van der Waals surface area (Å²) in [5.41, 5.74) is -0.519. The molecule has 0 aliphatic carbocycles. The summed E-state index contributed by atoms with van der Waals surface area (Å²) in [6, 6.07) is 0. The van der Waals surface area contributed by atoms with Gasteiger partial charge in [-0.1, -0.05) is 6.58 Å². The van der Waals surface area contributed by atoms with Crippen LogP contribution in [0.5, 0.6) is 0 Å². The highest BCUT2D eigenvalue weighted by atomic mass is 16.5. The fraction of sp³-hybridized carbons (Fsp3) is 0.700. The Morgan fingerprint density at radius 2 is 1.61 bits per heavy atom. The first kappa shape index (κ1) is 17.0. The molecule has 0 fully saturated rings. The minimum Gasteiger partial charge on any atom is -0.466 e. The van der Waals surface area contributed by atoms with Crippen molar-refractivity contribution in [2.24, 2.45) is 0 Å². The van der Waals surface area contributed by atoms with E-state index < -0.39 is 48.7 Å². The molecule has 0 aromatic carbocycles. The molecule has 0 rings (SSSR count). The Bertz CT molecular complexity index is 292. The maximum Gasteiger partial charge on any atom is 0.335 e. The van der Waals surface area contributed by atoms with Gasteiger partial charge in [0.25, 0.3) is 0 Å². The smallest absolute Gasteiger partial charge is 0.335 e. The van der Waals surface area contributed by atoms with E-state index in [0.29, 0.717) is 0 Å². The summed E-state index contributed by atoms with van der Waals surface area (Å²) in [5.74, 6) is -0.994. The zero-order valence-corrected chi connectivity index (χ0v) is 9.80. The molecule has 8 nitrogen and oxygen atoms in total. The van der Waals surface area contributed by atoms with Gasteiger partial charge in [0, 0.05) is 0 Å². The summed E-state index contributed by atoms with van der Waals surface area (Å²) >= 11 is 0. The zero-order valence-electron chi connectivity index (χ0n) is 9.80. The topological polar surface area (TPSA) is 148 Å². The van der Waals surface area contributed by atoms with Crippen LogP contribution in [0, 0.1) is 0 Å². The molecule has 1 unspecified atom stereocenters. The molecule has 0 aliphatic rings. The second-order valence-electron chi connectivity index (χ2n) is 3.68. The van der Waals surface area contributed by atoms with Crippen molar-refractivity contribution in [3.8, 4) is 0 Å². The Morgan fingerprint density at radius 3 is 2.00 bits per heavy atom. The number of aliphatic hydroxyl groups is 6. The molecule has 0 bridgehead atoms. The first-order chi connectivity index (χ1) is 8.27. The van der Waals surface area contributed by atoms with Crippen LogP contribution in [0.25, 0.3) is 0 Å². The number of rotatable bonds is 7. The quantitative estimate of drug-likeness (QED) is 0.205. The van der Waals surface area contributed by atoms with E-state index in [4.69, 9.17) is 10.2 Å². The van der Waals surface area contributed by atoms with E-state index >= 15 is 0 Å². The third-order valence-electron chi connectivity index (χ3n) is 2.41. The number of methoxy groups -OCH3 is 1. The van der Waals surface area contributed by atoms with Crippen molar-refractivity contribution in [1.82, 2.24) is 0 Å². The second-order valence-corrected chi connectivity index (χ2v) is 3.68. The molecule has 8 heteroatoms. The molecule has 6 N–H and O–H groups in total. The van der Waals surface area contributed by atoms with Gasteiger partial charge in [-0.05, 0) is 0 Å². The molecule has 0 aromatic rings. The number of carbonyl (C=O) groups is 1. The van der Waals surface area contributed by atoms with E-state index in [1.54, 1.807) is 0 Å². The van der Waals surface area contributed by atoms with Crippen LogP contribution < -0.4 is 0 Å². The average molecular weight is 266 g/mol. The number of ether oxygens (including phenoxy) is 1. The molecular formula is C10H18O8. The van der Waals surface area contributed by atoms with Crippen molar-refractivity contribution in [2.45, 2.75) is 30.5 Å². The third kappa shape index (κ3) is 4.02. The molecule has 0 spiro atoms. The van der Waals surface area contributed by atoms with Crippen LogP contribution in [-0.4, -0.2) is 80.8 Å². The SMILES string of the molecule is C=C(C(=O)OC)C(O)[C@H](O)[C@@H](O)[C@H](O)[C@H](O)CO. The van der Waals surface area contributed by atoms with Crippen LogP contribution in [0.3, 0.4) is 0 Å². The minimum atomic E-state index is -1.98. The van der Waals surface area contributed by atoms with Crippen LogP contribution in [0.4, 0.5) is 0 Å². The summed E-state index contributed by atoms with van der Waals surface area (Å²) < 4.78 is 4.25. The van der Waals surface area contributed by atoms with Gasteiger partial charge in [0.1, 0.15) is 30.5 Å². The third-order valence-corrected chi connectivity index (χ3v) is 2.41. The molecule has 0 heterocycles. The molecule has 0 aliphatic heterocycles. The maximum atomic E-state index is 11.0. The number of esters is 1. The Hall–Kier alpha value is -1.03. The normalized spacial score (nSPS) is 19.5. The van der Waals surface area contributed by atoms with E-state index in [9.17, 15) is 25.2 Å². The van der Waals surface area contributed by atoms with Gasteiger partial charge in [0.05, 0.1) is 19.3 Å². The second kappa shape index (κ2) is 7.41. The van der Waals surface area contributed by atoms with Crippen LogP contribution in [0.15, 0.2) is 12.2 Å². The van der Waals surface area contributed by atoms with Gasteiger partial charge >= 0.3 is 5.97 Å². The van der Waals surface area contributed by atoms with Crippen LogP contribution >= 0.6 is 0 Å². The van der Waals surface area contributed by atoms with Gasteiger partial charge in [0.15, 0.2) is 0 Å². The Kier molecular flexibility index (Phi) is 6.99. The first-order valence-electron chi connectivity index (χ1n) is 5.06. The lowest BCUT2D eigenvalue weighted by atomic mass is 9.96. The first-order valence-corrected chi connectivity index (χ1v) is 5.06. The highest BCUT2D eigenvalue weighted by molar-refractivity contribution is 5.88. The van der Waals surface area contributed by atoms with E-state index in [0.717, 1.165) is 7.11 Å². The Balaban J connectivity index is 4.68. The fourth-order valence-corrected chi connectivity index (χ4v) is 1.18. The number of hydrogen-bond donors (Lipinski definition) is 6. The van der Waals surface area contributed by atoms with Crippen molar-refractivity contribution in [2.75, 3.05) is 13.7 Å². The Morgan fingerprint density at radius 1 is 1.11 bits per heavy atom. The summed E-state index contributed by atoms with van der Waals surface area (Å²) in [5, 5.41) is 55.3. The number of aliphatic hydroxyl groups excluding tert-OH is 6. The van der Waals surface area contributed by atoms with Gasteiger partial charge in [0.2, 0.25) is 0 Å². The summed E-state index contributed by atoms with van der Waals surface area (Å²) in [6.07, 6.45) is -9.44. The number of carbonyl (C=O) groups excluding carboxylic acids is 1. The summed E-state index contributed by atoms with van der Waals surface area (Å²) in [7, 11) is 1.04. The van der Waals surface area contributed by atoms with E-state index in [1.807, 2.05) is 0 Å². The molecule has 0 saturated carbocycles. The van der Waals surface area contributed by atoms with Gasteiger partial charge in [-0.2, -0.15) is 0 Å². The largest absolute Gasteiger partial charge is 0.466 e. The molecule has 0 radical (unpaired) electrons. The molecule has 18 heavy (non-hydrogen) atoms. The van der Waals surface area contributed by atoms with Crippen LogP contribution in [-0.2, 0) is 9.53 Å². The summed E-state index contributed by atoms with van der Waals surface area (Å²) in [6.45, 7) is 2.32. The van der Waals surface area contributed by atoms with Crippen molar-refractivity contribution in [1.29, 1.82) is 0 Å². The van der Waals surface area contributed by atoms with Crippen molar-refractivity contribution in [3.63, 3.8) is 0 Å². The van der Waals surface area contributed by atoms with Crippen LogP contribution in [0.1, 0.15) is 0 Å². The minimum absolute atomic E-state index is 0.519. The molecule has 0 aromatic heterocycles. The lowest BCUT2D eigenvalue weighted by molar-refractivity contribution is -0.145. The van der Waals surface area contributed by atoms with E-state index in [1.165, 1.54) is 0 Å². The van der Waals surface area contributed by atoms with E-state index in [-0.39, 0.29) is 0 Å². The fourth-order valence-electron chi connectivity index (χ4n) is 1.18. The van der Waals surface area contributed by atoms with Crippen molar-refractivity contribution in [3.05, 3.63) is 12.2 Å². The molecule has 0 saturated heterocycles. The molecular weight excluding hydrogens is 248 g/mol.